The van der Waals surface area contributed by atoms with Crippen LogP contribution in [-0.2, 0) is 16.5 Å². The zero-order valence-corrected chi connectivity index (χ0v) is 13.4. The molecule has 0 atom stereocenters. The molecule has 0 unspecified atom stereocenters. The summed E-state index contributed by atoms with van der Waals surface area (Å²) in [6.07, 6.45) is 2.89. The molecular weight excluding hydrogens is 308 g/mol. The lowest BCUT2D eigenvalue weighted by Gasteiger charge is -2.02. The highest BCUT2D eigenvalue weighted by molar-refractivity contribution is 7.86. The molecule has 0 aliphatic heterocycles. The predicted octanol–water partition coefficient (Wildman–Crippen LogP) is 4.50. The van der Waals surface area contributed by atoms with E-state index in [-0.39, 0.29) is 4.90 Å². The molecule has 0 fully saturated rings. The molecule has 0 spiro atoms. The van der Waals surface area contributed by atoms with Gasteiger partial charge in [-0.1, -0.05) is 72.8 Å². The summed E-state index contributed by atoms with van der Waals surface area (Å²) in [7, 11) is -4.13. The Bertz CT molecular complexity index is 879. The largest absolute Gasteiger partial charge is 0.295 e. The second-order valence-corrected chi connectivity index (χ2v) is 6.32. The molecule has 0 amide bonds. The molecule has 0 aromatic heterocycles. The van der Waals surface area contributed by atoms with E-state index in [1.54, 1.807) is 30.3 Å². The van der Waals surface area contributed by atoms with E-state index >= 15 is 0 Å². The Hall–Kier alpha value is -2.43. The van der Waals surface area contributed by atoms with Crippen LogP contribution in [0.2, 0.25) is 0 Å². The van der Waals surface area contributed by atoms with E-state index in [2.05, 4.69) is 18.7 Å². The van der Waals surface area contributed by atoms with E-state index in [1.807, 2.05) is 30.3 Å². The van der Waals surface area contributed by atoms with E-state index in [1.165, 1.54) is 11.6 Å². The molecule has 4 heteroatoms. The van der Waals surface area contributed by atoms with Crippen LogP contribution >= 0.6 is 0 Å². The molecule has 23 heavy (non-hydrogen) atoms. The predicted molar refractivity (Wildman–Crippen MR) is 94.1 cm³/mol. The molecular formula is C19H18O3S. The van der Waals surface area contributed by atoms with Gasteiger partial charge < -0.3 is 0 Å². The molecule has 3 aromatic rings. The van der Waals surface area contributed by atoms with Gasteiger partial charge in [0.2, 0.25) is 0 Å². The minimum Gasteiger partial charge on any atom is -0.282 e. The van der Waals surface area contributed by atoms with E-state index in [9.17, 15) is 8.42 Å². The normalized spacial score (nSPS) is 10.7. The third-order valence-electron chi connectivity index (χ3n) is 3.25. The van der Waals surface area contributed by atoms with Gasteiger partial charge in [0.1, 0.15) is 4.90 Å². The molecule has 0 saturated heterocycles. The average Bonchev–Trinajstić information content (AvgIpc) is 2.55. The molecule has 0 aliphatic rings. The Morgan fingerprint density at radius 3 is 2.13 bits per heavy atom. The summed E-state index contributed by atoms with van der Waals surface area (Å²) in [5.41, 5.74) is 1.33. The highest BCUT2D eigenvalue weighted by Crippen LogP contribution is 2.21. The molecule has 0 aliphatic carbocycles. The molecule has 0 bridgehead atoms. The third kappa shape index (κ3) is 4.77. The SMILES string of the molecule is C=CCc1ccccc1.O=S(=O)(O)c1cccc2ccccc12. The van der Waals surface area contributed by atoms with Crippen molar-refractivity contribution >= 4 is 20.9 Å². The molecule has 3 nitrogen and oxygen atoms in total. The smallest absolute Gasteiger partial charge is 0.282 e. The van der Waals surface area contributed by atoms with Gasteiger partial charge in [0, 0.05) is 5.39 Å². The number of hydrogen-bond donors (Lipinski definition) is 1. The lowest BCUT2D eigenvalue weighted by molar-refractivity contribution is 0.484. The summed E-state index contributed by atoms with van der Waals surface area (Å²) < 4.78 is 31.0. The maximum absolute atomic E-state index is 11.0. The highest BCUT2D eigenvalue weighted by Gasteiger charge is 2.12. The number of fused-ring (bicyclic) bond motifs is 1. The lowest BCUT2D eigenvalue weighted by Crippen LogP contribution is -1.98. The first-order chi connectivity index (χ1) is 11.0. The second-order valence-electron chi connectivity index (χ2n) is 4.93. The van der Waals surface area contributed by atoms with Crippen molar-refractivity contribution in [3.05, 3.63) is 91.0 Å². The first kappa shape index (κ1) is 16.9. The molecule has 0 radical (unpaired) electrons. The molecule has 3 aromatic carbocycles. The summed E-state index contributed by atoms with van der Waals surface area (Å²) in [5, 5.41) is 1.33. The summed E-state index contributed by atoms with van der Waals surface area (Å²) in [5.74, 6) is 0. The first-order valence-electron chi connectivity index (χ1n) is 7.12. The minimum absolute atomic E-state index is 0.0457. The van der Waals surface area contributed by atoms with E-state index in [0.717, 1.165) is 11.8 Å². The molecule has 0 saturated carbocycles. The number of rotatable bonds is 3. The average molecular weight is 326 g/mol. The van der Waals surface area contributed by atoms with Crippen molar-refractivity contribution in [1.29, 1.82) is 0 Å². The minimum atomic E-state index is -4.13. The van der Waals surface area contributed by atoms with Crippen molar-refractivity contribution in [1.82, 2.24) is 0 Å². The standard InChI is InChI=1S/C10H8O3S.C9H10/c11-14(12,13)10-7-3-5-8-4-1-2-6-9(8)10;1-2-6-9-7-4-3-5-8-9/h1-7H,(H,11,12,13);2-5,7-8H,1,6H2. The van der Waals surface area contributed by atoms with Gasteiger partial charge in [0.05, 0.1) is 0 Å². The van der Waals surface area contributed by atoms with Crippen LogP contribution in [-0.4, -0.2) is 13.0 Å². The van der Waals surface area contributed by atoms with Crippen LogP contribution in [0.25, 0.3) is 10.8 Å². The fraction of sp³-hybridized carbons (Fsp3) is 0.0526. The van der Waals surface area contributed by atoms with Crippen LogP contribution < -0.4 is 0 Å². The van der Waals surface area contributed by atoms with Gasteiger partial charge in [-0.2, -0.15) is 8.42 Å². The van der Waals surface area contributed by atoms with Gasteiger partial charge in [-0.25, -0.2) is 0 Å². The number of hydrogen-bond acceptors (Lipinski definition) is 2. The van der Waals surface area contributed by atoms with Gasteiger partial charge in [-0.05, 0) is 23.4 Å². The maximum atomic E-state index is 11.0. The lowest BCUT2D eigenvalue weighted by atomic mass is 10.1. The van der Waals surface area contributed by atoms with Crippen molar-refractivity contribution in [2.24, 2.45) is 0 Å². The topological polar surface area (TPSA) is 54.4 Å². The molecule has 118 valence electrons. The summed E-state index contributed by atoms with van der Waals surface area (Å²) >= 11 is 0. The summed E-state index contributed by atoms with van der Waals surface area (Å²) in [6.45, 7) is 3.66. The third-order valence-corrected chi connectivity index (χ3v) is 4.16. The second kappa shape index (κ2) is 7.72. The van der Waals surface area contributed by atoms with Crippen LogP contribution in [0.1, 0.15) is 5.56 Å². The quantitative estimate of drug-likeness (QED) is 0.569. The summed E-state index contributed by atoms with van der Waals surface area (Å²) in [4.78, 5) is -0.0457. The number of benzene rings is 3. The van der Waals surface area contributed by atoms with Crippen LogP contribution in [0.5, 0.6) is 0 Å². The highest BCUT2D eigenvalue weighted by atomic mass is 32.2. The Morgan fingerprint density at radius 1 is 0.870 bits per heavy atom. The Kier molecular flexibility index (Phi) is 5.68. The van der Waals surface area contributed by atoms with E-state index < -0.39 is 10.1 Å². The number of allylic oxidation sites excluding steroid dienone is 1. The zero-order chi connectivity index (χ0) is 16.7. The Balaban J connectivity index is 0.000000185. The molecule has 3 rings (SSSR count). The Morgan fingerprint density at radius 2 is 1.48 bits per heavy atom. The van der Waals surface area contributed by atoms with Gasteiger partial charge in [0.25, 0.3) is 10.1 Å². The van der Waals surface area contributed by atoms with Gasteiger partial charge in [-0.15, -0.1) is 6.58 Å². The zero-order valence-electron chi connectivity index (χ0n) is 12.6. The molecule has 1 N–H and O–H groups in total. The van der Waals surface area contributed by atoms with Crippen molar-refractivity contribution < 1.29 is 13.0 Å². The van der Waals surface area contributed by atoms with Crippen LogP contribution in [0.15, 0.2) is 90.3 Å². The van der Waals surface area contributed by atoms with Crippen molar-refractivity contribution in [3.8, 4) is 0 Å². The van der Waals surface area contributed by atoms with Gasteiger partial charge in [-0.3, -0.25) is 4.55 Å². The van der Waals surface area contributed by atoms with Crippen LogP contribution in [0.3, 0.4) is 0 Å². The van der Waals surface area contributed by atoms with E-state index in [0.29, 0.717) is 5.39 Å². The fourth-order valence-electron chi connectivity index (χ4n) is 2.20. The van der Waals surface area contributed by atoms with E-state index in [4.69, 9.17) is 4.55 Å². The van der Waals surface area contributed by atoms with Gasteiger partial charge in [0.15, 0.2) is 0 Å². The maximum Gasteiger partial charge on any atom is 0.295 e. The fourth-order valence-corrected chi connectivity index (χ4v) is 2.92. The van der Waals surface area contributed by atoms with Crippen molar-refractivity contribution in [2.45, 2.75) is 11.3 Å². The van der Waals surface area contributed by atoms with Gasteiger partial charge >= 0.3 is 0 Å². The van der Waals surface area contributed by atoms with Crippen LogP contribution in [0.4, 0.5) is 0 Å². The van der Waals surface area contributed by atoms with Crippen molar-refractivity contribution in [2.75, 3.05) is 0 Å². The van der Waals surface area contributed by atoms with Crippen molar-refractivity contribution in [3.63, 3.8) is 0 Å². The van der Waals surface area contributed by atoms with Crippen LogP contribution in [0, 0.1) is 0 Å². The Labute approximate surface area is 136 Å². The molecule has 0 heterocycles. The summed E-state index contributed by atoms with van der Waals surface area (Å²) in [6, 6.07) is 22.1. The first-order valence-corrected chi connectivity index (χ1v) is 8.56. The monoisotopic (exact) mass is 326 g/mol.